The number of anilines is 2. The summed E-state index contributed by atoms with van der Waals surface area (Å²) in [6.07, 6.45) is 1.29. The molecule has 13 heteroatoms. The van der Waals surface area contributed by atoms with Gasteiger partial charge in [0.05, 0.1) is 22.0 Å². The van der Waals surface area contributed by atoms with Crippen molar-refractivity contribution in [2.45, 2.75) is 24.7 Å². The third-order valence-electron chi connectivity index (χ3n) is 6.16. The highest BCUT2D eigenvalue weighted by atomic mass is 35.5. The molecule has 1 saturated heterocycles. The zero-order chi connectivity index (χ0) is 25.0. The van der Waals surface area contributed by atoms with Gasteiger partial charge in [0, 0.05) is 50.2 Å². The van der Waals surface area contributed by atoms with Gasteiger partial charge in [-0.1, -0.05) is 19.1 Å². The molecule has 1 fully saturated rings. The highest BCUT2D eigenvalue weighted by Gasteiger charge is 2.21. The third kappa shape index (κ3) is 7.62. The number of nitrogens with zero attached hydrogens (tertiary/aromatic N) is 4. The Bertz CT molecular complexity index is 1390. The monoisotopic (exact) mass is 601 g/mol. The van der Waals surface area contributed by atoms with Crippen molar-refractivity contribution in [1.82, 2.24) is 9.88 Å². The van der Waals surface area contributed by atoms with Crippen molar-refractivity contribution in [3.8, 4) is 6.07 Å². The smallest absolute Gasteiger partial charge is 0.336 e. The summed E-state index contributed by atoms with van der Waals surface area (Å²) in [6.45, 7) is 5.60. The van der Waals surface area contributed by atoms with E-state index in [-0.39, 0.29) is 53.4 Å². The SMILES string of the molecule is CCc1ccc(S(=O)(=O)Nc2ccc3nc(N4CCN(CCC#N)CC4)cc(C(=O)O)c3c2)cc1.Cl.Cl.Cl. The van der Waals surface area contributed by atoms with E-state index in [0.29, 0.717) is 36.2 Å². The van der Waals surface area contributed by atoms with Crippen LogP contribution >= 0.6 is 37.2 Å². The van der Waals surface area contributed by atoms with Crippen LogP contribution in [-0.2, 0) is 16.4 Å². The van der Waals surface area contributed by atoms with Crippen molar-refractivity contribution >= 4 is 75.6 Å². The second-order valence-corrected chi connectivity index (χ2v) is 10.1. The molecule has 1 aliphatic heterocycles. The highest BCUT2D eigenvalue weighted by molar-refractivity contribution is 7.92. The second kappa shape index (κ2) is 14.4. The molecule has 0 spiro atoms. The van der Waals surface area contributed by atoms with E-state index in [1.54, 1.807) is 36.4 Å². The van der Waals surface area contributed by atoms with E-state index in [2.05, 4.69) is 20.7 Å². The number of carboxylic acid groups (broad SMARTS) is 1. The van der Waals surface area contributed by atoms with Crippen LogP contribution in [0.1, 0.15) is 29.3 Å². The Hall–Kier alpha value is -2.81. The molecular weight excluding hydrogens is 573 g/mol. The molecule has 2 heterocycles. The number of carbonyl (C=O) groups is 1. The normalized spacial score (nSPS) is 13.4. The summed E-state index contributed by atoms with van der Waals surface area (Å²) in [5, 5.41) is 19.0. The lowest BCUT2D eigenvalue weighted by atomic mass is 10.1. The van der Waals surface area contributed by atoms with Gasteiger partial charge in [0.25, 0.3) is 10.0 Å². The summed E-state index contributed by atoms with van der Waals surface area (Å²) < 4.78 is 28.2. The molecule has 2 aromatic carbocycles. The van der Waals surface area contributed by atoms with Crippen molar-refractivity contribution < 1.29 is 18.3 Å². The molecule has 2 N–H and O–H groups in total. The zero-order valence-corrected chi connectivity index (χ0v) is 23.9. The van der Waals surface area contributed by atoms with Gasteiger partial charge in [0.15, 0.2) is 0 Å². The number of hydrogen-bond donors (Lipinski definition) is 2. The summed E-state index contributed by atoms with van der Waals surface area (Å²) >= 11 is 0. The lowest BCUT2D eigenvalue weighted by molar-refractivity contribution is 0.0699. The molecule has 0 amide bonds. The van der Waals surface area contributed by atoms with Crippen LogP contribution in [0.4, 0.5) is 11.5 Å². The first kappa shape index (κ1) is 33.2. The summed E-state index contributed by atoms with van der Waals surface area (Å²) in [5.74, 6) is -0.541. The van der Waals surface area contributed by atoms with E-state index in [0.717, 1.165) is 31.6 Å². The van der Waals surface area contributed by atoms with Crippen molar-refractivity contribution in [1.29, 1.82) is 5.26 Å². The van der Waals surface area contributed by atoms with Gasteiger partial charge in [-0.2, -0.15) is 5.26 Å². The van der Waals surface area contributed by atoms with Crippen molar-refractivity contribution in [2.24, 2.45) is 0 Å². The molecule has 0 unspecified atom stereocenters. The fourth-order valence-electron chi connectivity index (χ4n) is 4.14. The Morgan fingerprint density at radius 3 is 2.29 bits per heavy atom. The number of piperazine rings is 1. The van der Waals surface area contributed by atoms with Crippen LogP contribution in [0, 0.1) is 11.3 Å². The molecule has 0 atom stereocenters. The van der Waals surface area contributed by atoms with Gasteiger partial charge in [-0.25, -0.2) is 18.2 Å². The number of aryl methyl sites for hydroxylation is 1. The van der Waals surface area contributed by atoms with E-state index in [4.69, 9.17) is 5.26 Å². The van der Waals surface area contributed by atoms with Crippen LogP contribution in [0.5, 0.6) is 0 Å². The van der Waals surface area contributed by atoms with Gasteiger partial charge >= 0.3 is 5.97 Å². The van der Waals surface area contributed by atoms with Gasteiger partial charge < -0.3 is 10.0 Å². The number of aromatic carboxylic acids is 1. The third-order valence-corrected chi connectivity index (χ3v) is 7.55. The molecule has 206 valence electrons. The van der Waals surface area contributed by atoms with Crippen LogP contribution in [0.3, 0.4) is 0 Å². The summed E-state index contributed by atoms with van der Waals surface area (Å²) in [7, 11) is -3.83. The number of aromatic nitrogens is 1. The number of carboxylic acids is 1. The van der Waals surface area contributed by atoms with E-state index < -0.39 is 16.0 Å². The number of halogens is 3. The minimum absolute atomic E-state index is 0. The predicted octanol–water partition coefficient (Wildman–Crippen LogP) is 4.60. The van der Waals surface area contributed by atoms with Crippen LogP contribution in [-0.4, -0.2) is 62.1 Å². The van der Waals surface area contributed by atoms with E-state index in [9.17, 15) is 18.3 Å². The fraction of sp³-hybridized carbons (Fsp3) is 0.320. The second-order valence-electron chi connectivity index (χ2n) is 8.40. The predicted molar refractivity (Wildman–Crippen MR) is 156 cm³/mol. The van der Waals surface area contributed by atoms with E-state index in [1.165, 1.54) is 12.1 Å². The Labute approximate surface area is 241 Å². The number of hydrogen-bond acceptors (Lipinski definition) is 7. The van der Waals surface area contributed by atoms with Crippen LogP contribution in [0.2, 0.25) is 0 Å². The van der Waals surface area contributed by atoms with Crippen molar-refractivity contribution in [2.75, 3.05) is 42.3 Å². The molecular formula is C25H30Cl3N5O4S. The van der Waals surface area contributed by atoms with E-state index >= 15 is 0 Å². The fourth-order valence-corrected chi connectivity index (χ4v) is 5.19. The number of nitriles is 1. The van der Waals surface area contributed by atoms with Crippen molar-refractivity contribution in [3.05, 3.63) is 59.7 Å². The average Bonchev–Trinajstić information content (AvgIpc) is 2.87. The maximum Gasteiger partial charge on any atom is 0.336 e. The summed E-state index contributed by atoms with van der Waals surface area (Å²) in [4.78, 5) is 21.1. The molecule has 0 aliphatic carbocycles. The molecule has 3 aromatic rings. The number of rotatable bonds is 8. The number of sulfonamides is 1. The van der Waals surface area contributed by atoms with E-state index in [1.807, 2.05) is 11.8 Å². The first-order chi connectivity index (χ1) is 16.8. The van der Waals surface area contributed by atoms with Gasteiger partial charge in [-0.15, -0.1) is 37.2 Å². The Kier molecular flexibility index (Phi) is 12.6. The Morgan fingerprint density at radius 2 is 1.71 bits per heavy atom. The standard InChI is InChI=1S/C25H27N5O4S.3ClH/c1-2-18-4-7-20(8-5-18)35(33,34)28-19-6-9-23-21(16-19)22(25(31)32)17-24(27-23)30-14-12-29(13-15-30)11-3-10-26;;;/h4-9,16-17,28H,2-3,11-15H2,1H3,(H,31,32);3*1H. The summed E-state index contributed by atoms with van der Waals surface area (Å²) in [6, 6.07) is 15.1. The first-order valence-electron chi connectivity index (χ1n) is 11.4. The Balaban J connectivity index is 0.00000241. The lowest BCUT2D eigenvalue weighted by Gasteiger charge is -2.35. The molecule has 0 saturated carbocycles. The molecule has 4 rings (SSSR count). The molecule has 9 nitrogen and oxygen atoms in total. The maximum atomic E-state index is 12.8. The van der Waals surface area contributed by atoms with Crippen LogP contribution < -0.4 is 9.62 Å². The number of pyridine rings is 1. The topological polar surface area (TPSA) is 127 Å². The van der Waals surface area contributed by atoms with Crippen LogP contribution in [0.25, 0.3) is 10.9 Å². The maximum absolute atomic E-state index is 12.8. The largest absolute Gasteiger partial charge is 0.478 e. The minimum Gasteiger partial charge on any atom is -0.478 e. The van der Waals surface area contributed by atoms with Gasteiger partial charge in [-0.3, -0.25) is 9.62 Å². The first-order valence-corrected chi connectivity index (χ1v) is 12.9. The van der Waals surface area contributed by atoms with Gasteiger partial charge in [0.2, 0.25) is 0 Å². The van der Waals surface area contributed by atoms with Gasteiger partial charge in [-0.05, 0) is 48.4 Å². The molecule has 0 radical (unpaired) electrons. The molecule has 1 aliphatic rings. The zero-order valence-electron chi connectivity index (χ0n) is 20.7. The number of benzene rings is 2. The minimum atomic E-state index is -3.83. The number of nitrogens with one attached hydrogen (secondary N) is 1. The molecule has 38 heavy (non-hydrogen) atoms. The van der Waals surface area contributed by atoms with Crippen molar-refractivity contribution in [3.63, 3.8) is 0 Å². The molecule has 1 aromatic heterocycles. The quantitative estimate of drug-likeness (QED) is 0.383. The Morgan fingerprint density at radius 1 is 1.05 bits per heavy atom. The highest BCUT2D eigenvalue weighted by Crippen LogP contribution is 2.28. The average molecular weight is 603 g/mol. The molecule has 0 bridgehead atoms. The van der Waals surface area contributed by atoms with Gasteiger partial charge in [0.1, 0.15) is 5.82 Å². The lowest BCUT2D eigenvalue weighted by Crippen LogP contribution is -2.46. The van der Waals surface area contributed by atoms with Crippen LogP contribution in [0.15, 0.2) is 53.4 Å². The summed E-state index contributed by atoms with van der Waals surface area (Å²) in [5.41, 5.74) is 1.83. The number of fused-ring (bicyclic) bond motifs is 1.